The number of hydrogen-bond acceptors (Lipinski definition) is 4. The molecule has 0 fully saturated rings. The molecular formula is C10H16N2O3. The zero-order valence-electron chi connectivity index (χ0n) is 8.90. The lowest BCUT2D eigenvalue weighted by molar-refractivity contribution is 0.0680. The third-order valence-corrected chi connectivity index (χ3v) is 2.15. The van der Waals surface area contributed by atoms with Crippen LogP contribution < -0.4 is 0 Å². The highest BCUT2D eigenvalue weighted by Gasteiger charge is 2.11. The van der Waals surface area contributed by atoms with Crippen LogP contribution in [0.3, 0.4) is 0 Å². The molecule has 0 saturated carbocycles. The van der Waals surface area contributed by atoms with Crippen molar-refractivity contribution in [2.24, 2.45) is 0 Å². The Hall–Kier alpha value is -1.39. The molecule has 0 atom stereocenters. The second-order valence-corrected chi connectivity index (χ2v) is 3.48. The van der Waals surface area contributed by atoms with Crippen LogP contribution in [-0.2, 0) is 6.42 Å². The number of carboxylic acids is 1. The lowest BCUT2D eigenvalue weighted by Gasteiger charge is -1.95. The van der Waals surface area contributed by atoms with Crippen LogP contribution in [0, 0.1) is 0 Å². The van der Waals surface area contributed by atoms with Crippen molar-refractivity contribution >= 4 is 5.97 Å². The molecule has 84 valence electrons. The van der Waals surface area contributed by atoms with Crippen LogP contribution in [0.15, 0.2) is 4.52 Å². The van der Waals surface area contributed by atoms with Crippen LogP contribution in [-0.4, -0.2) is 21.2 Å². The standard InChI is InChI=1S/C10H16N2O3/c1-2-3-4-5-6-7-8-11-9(10(13)14)12-15-8/h2-7H2,1H3,(H,13,14). The molecule has 1 rings (SSSR count). The molecular weight excluding hydrogens is 196 g/mol. The van der Waals surface area contributed by atoms with Crippen molar-refractivity contribution in [3.05, 3.63) is 11.7 Å². The van der Waals surface area contributed by atoms with E-state index in [1.807, 2.05) is 0 Å². The summed E-state index contributed by atoms with van der Waals surface area (Å²) in [7, 11) is 0. The van der Waals surface area contributed by atoms with Crippen molar-refractivity contribution in [1.82, 2.24) is 10.1 Å². The molecule has 15 heavy (non-hydrogen) atoms. The van der Waals surface area contributed by atoms with Crippen molar-refractivity contribution in [3.8, 4) is 0 Å². The Balaban J connectivity index is 2.23. The van der Waals surface area contributed by atoms with E-state index in [4.69, 9.17) is 9.63 Å². The highest BCUT2D eigenvalue weighted by atomic mass is 16.5. The minimum Gasteiger partial charge on any atom is -0.475 e. The smallest absolute Gasteiger partial charge is 0.377 e. The summed E-state index contributed by atoms with van der Waals surface area (Å²) in [5.41, 5.74) is 0. The first-order valence-corrected chi connectivity index (χ1v) is 5.30. The van der Waals surface area contributed by atoms with Crippen LogP contribution >= 0.6 is 0 Å². The number of aryl methyl sites for hydroxylation is 1. The predicted octanol–water partition coefficient (Wildman–Crippen LogP) is 2.28. The fraction of sp³-hybridized carbons (Fsp3) is 0.700. The third-order valence-electron chi connectivity index (χ3n) is 2.15. The van der Waals surface area contributed by atoms with Gasteiger partial charge in [0.15, 0.2) is 0 Å². The maximum atomic E-state index is 10.4. The Kier molecular flexibility index (Phi) is 4.80. The van der Waals surface area contributed by atoms with Crippen molar-refractivity contribution in [2.45, 2.75) is 45.4 Å². The summed E-state index contributed by atoms with van der Waals surface area (Å²) in [6.07, 6.45) is 6.42. The Labute approximate surface area is 88.5 Å². The molecule has 0 aromatic carbocycles. The highest BCUT2D eigenvalue weighted by Crippen LogP contribution is 2.07. The summed E-state index contributed by atoms with van der Waals surface area (Å²) in [5, 5.41) is 11.9. The third kappa shape index (κ3) is 4.10. The summed E-state index contributed by atoms with van der Waals surface area (Å²) in [4.78, 5) is 14.2. The maximum absolute atomic E-state index is 10.4. The van der Waals surface area contributed by atoms with Gasteiger partial charge in [0, 0.05) is 6.42 Å². The molecule has 0 aliphatic rings. The van der Waals surface area contributed by atoms with Gasteiger partial charge in [0.2, 0.25) is 5.89 Å². The van der Waals surface area contributed by atoms with Crippen molar-refractivity contribution in [1.29, 1.82) is 0 Å². The molecule has 1 aromatic heterocycles. The van der Waals surface area contributed by atoms with E-state index in [1.54, 1.807) is 0 Å². The predicted molar refractivity (Wildman–Crippen MR) is 53.7 cm³/mol. The van der Waals surface area contributed by atoms with E-state index in [-0.39, 0.29) is 5.82 Å². The molecule has 0 aliphatic carbocycles. The van der Waals surface area contributed by atoms with Crippen LogP contribution in [0.1, 0.15) is 55.5 Å². The number of hydrogen-bond donors (Lipinski definition) is 1. The fourth-order valence-corrected chi connectivity index (χ4v) is 1.32. The molecule has 0 saturated heterocycles. The van der Waals surface area contributed by atoms with Crippen molar-refractivity contribution in [3.63, 3.8) is 0 Å². The van der Waals surface area contributed by atoms with E-state index in [0.717, 1.165) is 12.8 Å². The number of aromatic carboxylic acids is 1. The summed E-state index contributed by atoms with van der Waals surface area (Å²) in [6, 6.07) is 0. The summed E-state index contributed by atoms with van der Waals surface area (Å²) in [5.74, 6) is -0.974. The Morgan fingerprint density at radius 3 is 2.67 bits per heavy atom. The molecule has 1 heterocycles. The average molecular weight is 212 g/mol. The molecule has 0 bridgehead atoms. The first-order chi connectivity index (χ1) is 7.24. The van der Waals surface area contributed by atoms with Crippen LogP contribution in [0.25, 0.3) is 0 Å². The van der Waals surface area contributed by atoms with Gasteiger partial charge in [-0.05, 0) is 11.6 Å². The zero-order valence-corrected chi connectivity index (χ0v) is 8.90. The average Bonchev–Trinajstić information content (AvgIpc) is 2.66. The Bertz CT molecular complexity index is 309. The summed E-state index contributed by atoms with van der Waals surface area (Å²) < 4.78 is 4.79. The van der Waals surface area contributed by atoms with E-state index in [1.165, 1.54) is 19.3 Å². The van der Waals surface area contributed by atoms with Crippen LogP contribution in [0.5, 0.6) is 0 Å². The van der Waals surface area contributed by atoms with Gasteiger partial charge in [0.05, 0.1) is 0 Å². The molecule has 0 amide bonds. The van der Waals surface area contributed by atoms with Gasteiger partial charge in [-0.2, -0.15) is 4.98 Å². The van der Waals surface area contributed by atoms with E-state index in [0.29, 0.717) is 12.3 Å². The zero-order chi connectivity index (χ0) is 11.1. The summed E-state index contributed by atoms with van der Waals surface area (Å²) >= 11 is 0. The molecule has 0 aliphatic heterocycles. The van der Waals surface area contributed by atoms with E-state index < -0.39 is 5.97 Å². The Morgan fingerprint density at radius 1 is 1.33 bits per heavy atom. The molecule has 0 unspecified atom stereocenters. The number of unbranched alkanes of at least 4 members (excludes halogenated alkanes) is 4. The van der Waals surface area contributed by atoms with E-state index in [2.05, 4.69) is 17.1 Å². The number of aromatic nitrogens is 2. The maximum Gasteiger partial charge on any atom is 0.377 e. The van der Waals surface area contributed by atoms with Gasteiger partial charge in [-0.15, -0.1) is 0 Å². The van der Waals surface area contributed by atoms with E-state index in [9.17, 15) is 4.79 Å². The van der Waals surface area contributed by atoms with Gasteiger partial charge in [-0.1, -0.05) is 32.6 Å². The van der Waals surface area contributed by atoms with Gasteiger partial charge in [0.1, 0.15) is 0 Å². The minimum atomic E-state index is -1.14. The van der Waals surface area contributed by atoms with E-state index >= 15 is 0 Å². The van der Waals surface area contributed by atoms with Crippen LogP contribution in [0.4, 0.5) is 0 Å². The van der Waals surface area contributed by atoms with Crippen molar-refractivity contribution in [2.75, 3.05) is 0 Å². The number of carbonyl (C=O) groups is 1. The topological polar surface area (TPSA) is 76.2 Å². The molecule has 5 nitrogen and oxygen atoms in total. The van der Waals surface area contributed by atoms with Gasteiger partial charge < -0.3 is 9.63 Å². The fourth-order valence-electron chi connectivity index (χ4n) is 1.32. The van der Waals surface area contributed by atoms with Crippen LogP contribution in [0.2, 0.25) is 0 Å². The number of nitrogens with zero attached hydrogens (tertiary/aromatic N) is 2. The largest absolute Gasteiger partial charge is 0.475 e. The van der Waals surface area contributed by atoms with Gasteiger partial charge in [-0.3, -0.25) is 0 Å². The molecule has 1 N–H and O–H groups in total. The number of rotatable bonds is 7. The van der Waals surface area contributed by atoms with Gasteiger partial charge in [-0.25, -0.2) is 4.79 Å². The quantitative estimate of drug-likeness (QED) is 0.701. The second kappa shape index (κ2) is 6.16. The summed E-state index contributed by atoms with van der Waals surface area (Å²) in [6.45, 7) is 2.16. The minimum absolute atomic E-state index is 0.251. The van der Waals surface area contributed by atoms with Crippen molar-refractivity contribution < 1.29 is 14.4 Å². The first-order valence-electron chi connectivity index (χ1n) is 5.30. The monoisotopic (exact) mass is 212 g/mol. The van der Waals surface area contributed by atoms with Gasteiger partial charge in [0.25, 0.3) is 5.82 Å². The lowest BCUT2D eigenvalue weighted by Crippen LogP contribution is -1.98. The Morgan fingerprint density at radius 2 is 2.07 bits per heavy atom. The molecule has 0 spiro atoms. The molecule has 0 radical (unpaired) electrons. The molecule has 5 heteroatoms. The highest BCUT2D eigenvalue weighted by molar-refractivity contribution is 5.82. The molecule has 1 aromatic rings. The lowest BCUT2D eigenvalue weighted by atomic mass is 10.1. The second-order valence-electron chi connectivity index (χ2n) is 3.48. The SMILES string of the molecule is CCCCCCCc1nc(C(=O)O)no1. The van der Waals surface area contributed by atoms with Gasteiger partial charge >= 0.3 is 5.97 Å². The first kappa shape index (κ1) is 11.7. The normalized spacial score (nSPS) is 10.5. The number of carboxylic acid groups (broad SMARTS) is 1.